The van der Waals surface area contributed by atoms with Crippen molar-refractivity contribution >= 4 is 11.8 Å². The second-order valence-electron chi connectivity index (χ2n) is 6.52. The molecule has 0 aromatic rings. The van der Waals surface area contributed by atoms with Gasteiger partial charge in [0.05, 0.1) is 0 Å². The molecule has 4 atom stereocenters. The van der Waals surface area contributed by atoms with E-state index in [1.807, 2.05) is 18.7 Å². The molecular formula is C16H30N2O2. The van der Waals surface area contributed by atoms with Gasteiger partial charge in [0.15, 0.2) is 0 Å². The van der Waals surface area contributed by atoms with Gasteiger partial charge in [-0.1, -0.05) is 41.0 Å². The normalized spacial score (nSPS) is 26.6. The zero-order valence-electron chi connectivity index (χ0n) is 13.8. The highest BCUT2D eigenvalue weighted by Crippen LogP contribution is 2.24. The number of nitrogens with zero attached hydrogens (tertiary/aromatic N) is 1. The van der Waals surface area contributed by atoms with Crippen LogP contribution in [0.2, 0.25) is 0 Å². The van der Waals surface area contributed by atoms with E-state index < -0.39 is 0 Å². The van der Waals surface area contributed by atoms with Crippen LogP contribution in [0.5, 0.6) is 0 Å². The van der Waals surface area contributed by atoms with Crippen LogP contribution < -0.4 is 5.32 Å². The fourth-order valence-corrected chi connectivity index (χ4v) is 3.08. The van der Waals surface area contributed by atoms with Gasteiger partial charge in [-0.3, -0.25) is 9.59 Å². The highest BCUT2D eigenvalue weighted by molar-refractivity contribution is 5.97. The highest BCUT2D eigenvalue weighted by atomic mass is 16.2. The number of rotatable bonds is 6. The molecule has 1 aliphatic heterocycles. The van der Waals surface area contributed by atoms with Crippen LogP contribution in [-0.2, 0) is 9.59 Å². The molecule has 4 nitrogen and oxygen atoms in total. The predicted molar refractivity (Wildman–Crippen MR) is 81.2 cm³/mol. The number of amides is 2. The minimum absolute atomic E-state index is 0.00741. The molecule has 1 N–H and O–H groups in total. The molecule has 0 bridgehead atoms. The predicted octanol–water partition coefficient (Wildman–Crippen LogP) is 2.57. The summed E-state index contributed by atoms with van der Waals surface area (Å²) in [6.07, 6.45) is 2.50. The molecule has 1 heterocycles. The smallest absolute Gasteiger partial charge is 0.246 e. The summed E-state index contributed by atoms with van der Waals surface area (Å²) in [5, 5.41) is 2.93. The molecule has 20 heavy (non-hydrogen) atoms. The van der Waals surface area contributed by atoms with Crippen molar-refractivity contribution in [2.45, 2.75) is 78.9 Å². The molecule has 0 aliphatic carbocycles. The summed E-state index contributed by atoms with van der Waals surface area (Å²) in [7, 11) is 0. The Morgan fingerprint density at radius 1 is 1.15 bits per heavy atom. The van der Waals surface area contributed by atoms with Gasteiger partial charge in [-0.05, 0) is 31.6 Å². The van der Waals surface area contributed by atoms with Gasteiger partial charge in [-0.15, -0.1) is 0 Å². The summed E-state index contributed by atoms with van der Waals surface area (Å²) in [4.78, 5) is 26.9. The lowest BCUT2D eigenvalue weighted by Gasteiger charge is -2.44. The van der Waals surface area contributed by atoms with Gasteiger partial charge in [-0.2, -0.15) is 0 Å². The van der Waals surface area contributed by atoms with Gasteiger partial charge in [0.2, 0.25) is 11.8 Å². The summed E-state index contributed by atoms with van der Waals surface area (Å²) >= 11 is 0. The standard InChI is InChI=1S/C16H30N2O2/c1-7-11(5)14-16(20)18(12(6)9-10(3)4)13(8-2)15(19)17-14/h10-14H,7-9H2,1-6H3,(H,17,19). The zero-order valence-corrected chi connectivity index (χ0v) is 13.8. The van der Waals surface area contributed by atoms with Crippen molar-refractivity contribution in [2.75, 3.05) is 0 Å². The van der Waals surface area contributed by atoms with Crippen molar-refractivity contribution in [3.05, 3.63) is 0 Å². The van der Waals surface area contributed by atoms with E-state index in [0.29, 0.717) is 12.3 Å². The number of nitrogens with one attached hydrogen (secondary N) is 1. The van der Waals surface area contributed by atoms with E-state index in [1.165, 1.54) is 0 Å². The summed E-state index contributed by atoms with van der Waals surface area (Å²) in [6, 6.07) is -0.550. The van der Waals surface area contributed by atoms with E-state index in [1.54, 1.807) is 0 Å². The average molecular weight is 282 g/mol. The molecule has 1 aliphatic rings. The molecule has 0 spiro atoms. The second kappa shape index (κ2) is 7.09. The van der Waals surface area contributed by atoms with Crippen molar-refractivity contribution in [1.29, 1.82) is 0 Å². The second-order valence-corrected chi connectivity index (χ2v) is 6.52. The maximum atomic E-state index is 12.8. The van der Waals surface area contributed by atoms with Gasteiger partial charge in [0.25, 0.3) is 0 Å². The number of carbonyl (C=O) groups is 2. The lowest BCUT2D eigenvalue weighted by Crippen LogP contribution is -2.66. The third-order valence-corrected chi connectivity index (χ3v) is 4.34. The molecule has 1 saturated heterocycles. The van der Waals surface area contributed by atoms with E-state index in [2.05, 4.69) is 33.0 Å². The number of hydrogen-bond donors (Lipinski definition) is 1. The van der Waals surface area contributed by atoms with Crippen molar-refractivity contribution in [3.8, 4) is 0 Å². The third-order valence-electron chi connectivity index (χ3n) is 4.34. The summed E-state index contributed by atoms with van der Waals surface area (Å²) in [6.45, 7) is 12.4. The Hall–Kier alpha value is -1.06. The Bertz CT molecular complexity index is 354. The van der Waals surface area contributed by atoms with Crippen LogP contribution in [0.15, 0.2) is 0 Å². The Morgan fingerprint density at radius 3 is 2.20 bits per heavy atom. The summed E-state index contributed by atoms with van der Waals surface area (Å²) < 4.78 is 0. The molecule has 0 saturated carbocycles. The monoisotopic (exact) mass is 282 g/mol. The first kappa shape index (κ1) is 17.0. The summed E-state index contributed by atoms with van der Waals surface area (Å²) in [5.74, 6) is 0.798. The molecule has 4 unspecified atom stereocenters. The van der Waals surface area contributed by atoms with Gasteiger partial charge in [0, 0.05) is 6.04 Å². The van der Waals surface area contributed by atoms with Gasteiger partial charge < -0.3 is 10.2 Å². The minimum atomic E-state index is -0.357. The molecular weight excluding hydrogens is 252 g/mol. The van der Waals surface area contributed by atoms with Crippen LogP contribution in [-0.4, -0.2) is 34.8 Å². The number of carbonyl (C=O) groups excluding carboxylic acids is 2. The molecule has 1 fully saturated rings. The highest BCUT2D eigenvalue weighted by Gasteiger charge is 2.43. The van der Waals surface area contributed by atoms with E-state index in [-0.39, 0.29) is 35.9 Å². The maximum absolute atomic E-state index is 12.8. The zero-order chi connectivity index (χ0) is 15.4. The van der Waals surface area contributed by atoms with Crippen molar-refractivity contribution in [1.82, 2.24) is 10.2 Å². The quantitative estimate of drug-likeness (QED) is 0.814. The third kappa shape index (κ3) is 3.53. The Morgan fingerprint density at radius 2 is 1.75 bits per heavy atom. The molecule has 0 aromatic carbocycles. The first-order valence-electron chi connectivity index (χ1n) is 7.95. The van der Waals surface area contributed by atoms with E-state index >= 15 is 0 Å². The van der Waals surface area contributed by atoms with Crippen molar-refractivity contribution in [2.24, 2.45) is 11.8 Å². The van der Waals surface area contributed by atoms with Gasteiger partial charge >= 0.3 is 0 Å². The lowest BCUT2D eigenvalue weighted by atomic mass is 9.91. The Labute approximate surface area is 123 Å². The van der Waals surface area contributed by atoms with Crippen LogP contribution in [0, 0.1) is 11.8 Å². The van der Waals surface area contributed by atoms with Crippen LogP contribution >= 0.6 is 0 Å². The Kier molecular flexibility index (Phi) is 6.03. The van der Waals surface area contributed by atoms with Crippen molar-refractivity contribution < 1.29 is 9.59 Å². The maximum Gasteiger partial charge on any atom is 0.246 e. The topological polar surface area (TPSA) is 49.4 Å². The lowest BCUT2D eigenvalue weighted by molar-refractivity contribution is -0.153. The molecule has 4 heteroatoms. The fourth-order valence-electron chi connectivity index (χ4n) is 3.08. The molecule has 0 radical (unpaired) electrons. The first-order chi connectivity index (χ1) is 9.33. The Balaban J connectivity index is 3.00. The molecule has 116 valence electrons. The SMILES string of the molecule is CCC(C)C1NC(=O)C(CC)N(C(C)CC(C)C)C1=O. The molecule has 0 aromatic heterocycles. The van der Waals surface area contributed by atoms with Crippen molar-refractivity contribution in [3.63, 3.8) is 0 Å². The van der Waals surface area contributed by atoms with Gasteiger partial charge in [0.1, 0.15) is 12.1 Å². The van der Waals surface area contributed by atoms with Crippen LogP contribution in [0.1, 0.15) is 60.8 Å². The van der Waals surface area contributed by atoms with Gasteiger partial charge in [-0.25, -0.2) is 0 Å². The van der Waals surface area contributed by atoms with E-state index in [0.717, 1.165) is 12.8 Å². The van der Waals surface area contributed by atoms with Crippen LogP contribution in [0.3, 0.4) is 0 Å². The number of hydrogen-bond acceptors (Lipinski definition) is 2. The number of piperazine rings is 1. The molecule has 2 amide bonds. The summed E-state index contributed by atoms with van der Waals surface area (Å²) in [5.41, 5.74) is 0. The minimum Gasteiger partial charge on any atom is -0.342 e. The average Bonchev–Trinajstić information content (AvgIpc) is 2.38. The first-order valence-corrected chi connectivity index (χ1v) is 7.95. The fraction of sp³-hybridized carbons (Fsp3) is 0.875. The largest absolute Gasteiger partial charge is 0.342 e. The molecule has 1 rings (SSSR count). The van der Waals surface area contributed by atoms with E-state index in [4.69, 9.17) is 0 Å². The van der Waals surface area contributed by atoms with E-state index in [9.17, 15) is 9.59 Å². The van der Waals surface area contributed by atoms with Crippen LogP contribution in [0.4, 0.5) is 0 Å². The van der Waals surface area contributed by atoms with Crippen LogP contribution in [0.25, 0.3) is 0 Å².